The van der Waals surface area contributed by atoms with Gasteiger partial charge >= 0.3 is 26.2 Å². The number of halogens is 2. The SMILES string of the molecule is CC1=Cc2c(cc(C)n2-c2ccccc2)C1.[Cl-].[Cl-].[Zr+3].c1ccc2[cH-]ccc2c1. The van der Waals surface area contributed by atoms with Crippen LogP contribution in [0.15, 0.2) is 84.4 Å². The first-order valence-corrected chi connectivity index (χ1v) is 8.76. The zero-order chi connectivity index (χ0) is 17.2. The minimum absolute atomic E-state index is 0. The van der Waals surface area contributed by atoms with Gasteiger partial charge in [-0.2, -0.15) is 17.5 Å². The minimum Gasteiger partial charge on any atom is -1.00 e. The zero-order valence-corrected chi connectivity index (χ0v) is 20.0. The van der Waals surface area contributed by atoms with E-state index in [1.807, 2.05) is 0 Å². The summed E-state index contributed by atoms with van der Waals surface area (Å²) in [5.41, 5.74) is 6.85. The molecule has 1 nitrogen and oxygen atoms in total. The maximum Gasteiger partial charge on any atom is 3.00 e. The van der Waals surface area contributed by atoms with E-state index < -0.39 is 0 Å². The zero-order valence-electron chi connectivity index (χ0n) is 16.0. The second-order valence-electron chi connectivity index (χ2n) is 6.69. The second-order valence-corrected chi connectivity index (χ2v) is 6.69. The Morgan fingerprint density at radius 2 is 1.54 bits per heavy atom. The van der Waals surface area contributed by atoms with Gasteiger partial charge in [-0.3, -0.25) is 0 Å². The fraction of sp³-hybridized carbons (Fsp3) is 0.125. The standard InChI is InChI=1S/C15H15N.C9H7.2ClH.Zr/c1-11-8-13-10-12(2)16(15(13)9-11)14-6-4-3-5-7-14;1-2-5-9-7-3-6-8(9)4-1;;;/h3-7,9-10H,8H2,1-2H3;1-7H;2*1H;/q;-1;;;+3/p-2. The third-order valence-corrected chi connectivity index (χ3v) is 4.72. The molecular weight excluding hydrogens is 464 g/mol. The first kappa shape index (κ1) is 24.6. The third-order valence-electron chi connectivity index (χ3n) is 4.72. The molecule has 5 rings (SSSR count). The number of hydrogen-bond acceptors (Lipinski definition) is 0. The monoisotopic (exact) mass is 484 g/mol. The molecular formula is C24H22Cl2NZr. The van der Waals surface area contributed by atoms with Gasteiger partial charge in [0, 0.05) is 17.1 Å². The van der Waals surface area contributed by atoms with E-state index in [0.717, 1.165) is 6.42 Å². The van der Waals surface area contributed by atoms with Gasteiger partial charge in [-0.15, -0.1) is 29.7 Å². The van der Waals surface area contributed by atoms with Crippen LogP contribution in [0.4, 0.5) is 0 Å². The molecule has 0 saturated carbocycles. The smallest absolute Gasteiger partial charge is 1.00 e. The summed E-state index contributed by atoms with van der Waals surface area (Å²) in [6.07, 6.45) is 3.41. The summed E-state index contributed by atoms with van der Waals surface area (Å²) in [6.45, 7) is 4.37. The van der Waals surface area contributed by atoms with Crippen LogP contribution in [0.2, 0.25) is 0 Å². The second kappa shape index (κ2) is 10.9. The minimum atomic E-state index is 0. The Hall–Kier alpha value is -1.47. The van der Waals surface area contributed by atoms with Gasteiger partial charge in [0.2, 0.25) is 0 Å². The number of aryl methyl sites for hydroxylation is 1. The van der Waals surface area contributed by atoms with Crippen LogP contribution in [-0.4, -0.2) is 4.57 Å². The first-order valence-electron chi connectivity index (χ1n) is 8.76. The van der Waals surface area contributed by atoms with Crippen molar-refractivity contribution >= 4 is 16.8 Å². The van der Waals surface area contributed by atoms with Gasteiger partial charge in [0.15, 0.2) is 0 Å². The largest absolute Gasteiger partial charge is 3.00 e. The Bertz CT molecular complexity index is 1010. The van der Waals surface area contributed by atoms with E-state index in [9.17, 15) is 0 Å². The molecule has 1 aliphatic rings. The van der Waals surface area contributed by atoms with Crippen LogP contribution < -0.4 is 24.8 Å². The molecule has 1 radical (unpaired) electrons. The number of para-hydroxylation sites is 1. The molecule has 28 heavy (non-hydrogen) atoms. The van der Waals surface area contributed by atoms with Gasteiger partial charge < -0.3 is 29.4 Å². The van der Waals surface area contributed by atoms with E-state index in [1.54, 1.807) is 0 Å². The molecule has 0 fully saturated rings. The molecule has 0 unspecified atom stereocenters. The van der Waals surface area contributed by atoms with E-state index >= 15 is 0 Å². The molecule has 4 heteroatoms. The molecule has 4 aromatic rings. The molecule has 0 atom stereocenters. The summed E-state index contributed by atoms with van der Waals surface area (Å²) in [7, 11) is 0. The predicted molar refractivity (Wildman–Crippen MR) is 107 cm³/mol. The molecule has 1 aromatic heterocycles. The fourth-order valence-electron chi connectivity index (χ4n) is 3.60. The molecule has 0 spiro atoms. The van der Waals surface area contributed by atoms with Crippen LogP contribution in [-0.2, 0) is 32.6 Å². The Labute approximate surface area is 198 Å². The fourth-order valence-corrected chi connectivity index (χ4v) is 3.60. The average molecular weight is 487 g/mol. The first-order chi connectivity index (χ1) is 12.2. The summed E-state index contributed by atoms with van der Waals surface area (Å²) >= 11 is 0. The quantitative estimate of drug-likeness (QED) is 0.342. The normalized spacial score (nSPS) is 11.1. The van der Waals surface area contributed by atoms with Crippen molar-refractivity contribution in [2.24, 2.45) is 0 Å². The van der Waals surface area contributed by atoms with Gasteiger partial charge in [0.1, 0.15) is 0 Å². The third kappa shape index (κ3) is 5.12. The van der Waals surface area contributed by atoms with Gasteiger partial charge in [0.05, 0.1) is 0 Å². The summed E-state index contributed by atoms with van der Waals surface area (Å²) in [5, 5.41) is 2.66. The Morgan fingerprint density at radius 1 is 0.857 bits per heavy atom. The maximum absolute atomic E-state index is 2.34. The Balaban J connectivity index is 0.000000284. The van der Waals surface area contributed by atoms with Crippen molar-refractivity contribution in [3.63, 3.8) is 0 Å². The molecule has 1 heterocycles. The van der Waals surface area contributed by atoms with Crippen molar-refractivity contribution in [1.29, 1.82) is 0 Å². The molecule has 141 valence electrons. The van der Waals surface area contributed by atoms with Crippen molar-refractivity contribution in [3.05, 3.63) is 101 Å². The number of allylic oxidation sites excluding steroid dienone is 1. The van der Waals surface area contributed by atoms with Crippen LogP contribution in [0, 0.1) is 6.92 Å². The number of hydrogen-bond donors (Lipinski definition) is 0. The average Bonchev–Trinajstić information content (AvgIpc) is 3.30. The van der Waals surface area contributed by atoms with Crippen molar-refractivity contribution in [3.8, 4) is 5.69 Å². The molecule has 0 aliphatic heterocycles. The number of nitrogens with zero attached hydrogens (tertiary/aromatic N) is 1. The Morgan fingerprint density at radius 3 is 2.25 bits per heavy atom. The van der Waals surface area contributed by atoms with E-state index in [1.165, 1.54) is 39.0 Å². The molecule has 0 saturated heterocycles. The van der Waals surface area contributed by atoms with Crippen LogP contribution in [0.25, 0.3) is 22.5 Å². The molecule has 1 aliphatic carbocycles. The van der Waals surface area contributed by atoms with Crippen molar-refractivity contribution in [1.82, 2.24) is 4.57 Å². The number of fused-ring (bicyclic) bond motifs is 2. The molecule has 0 amide bonds. The van der Waals surface area contributed by atoms with Crippen LogP contribution >= 0.6 is 0 Å². The molecule has 0 N–H and O–H groups in total. The van der Waals surface area contributed by atoms with Gasteiger partial charge in [-0.25, -0.2) is 0 Å². The van der Waals surface area contributed by atoms with Gasteiger partial charge in [0.25, 0.3) is 0 Å². The number of aromatic nitrogens is 1. The van der Waals surface area contributed by atoms with Gasteiger partial charge in [-0.1, -0.05) is 29.8 Å². The predicted octanol–water partition coefficient (Wildman–Crippen LogP) is 0.309. The van der Waals surface area contributed by atoms with E-state index in [4.69, 9.17) is 0 Å². The summed E-state index contributed by atoms with van der Waals surface area (Å²) in [4.78, 5) is 0. The van der Waals surface area contributed by atoms with Gasteiger partial charge in [-0.05, 0) is 50.1 Å². The summed E-state index contributed by atoms with van der Waals surface area (Å²) < 4.78 is 2.34. The summed E-state index contributed by atoms with van der Waals surface area (Å²) in [6, 6.07) is 27.5. The number of benzene rings is 2. The van der Waals surface area contributed by atoms with E-state index in [2.05, 4.69) is 103 Å². The van der Waals surface area contributed by atoms with Crippen molar-refractivity contribution in [2.75, 3.05) is 0 Å². The summed E-state index contributed by atoms with van der Waals surface area (Å²) in [5.74, 6) is 0. The van der Waals surface area contributed by atoms with Crippen LogP contribution in [0.5, 0.6) is 0 Å². The molecule has 3 aromatic carbocycles. The van der Waals surface area contributed by atoms with Crippen LogP contribution in [0.1, 0.15) is 23.9 Å². The van der Waals surface area contributed by atoms with Crippen molar-refractivity contribution < 1.29 is 51.0 Å². The maximum atomic E-state index is 2.34. The van der Waals surface area contributed by atoms with Crippen molar-refractivity contribution in [2.45, 2.75) is 20.3 Å². The Kier molecular flexibility index (Phi) is 9.57. The topological polar surface area (TPSA) is 4.93 Å². The molecule has 0 bridgehead atoms. The van der Waals surface area contributed by atoms with E-state index in [-0.39, 0.29) is 51.0 Å². The number of rotatable bonds is 1. The van der Waals surface area contributed by atoms with Crippen LogP contribution in [0.3, 0.4) is 0 Å². The van der Waals surface area contributed by atoms with E-state index in [0.29, 0.717) is 0 Å².